The van der Waals surface area contributed by atoms with Crippen LogP contribution < -0.4 is 21.7 Å². The summed E-state index contributed by atoms with van der Waals surface area (Å²) in [4.78, 5) is 46.0. The summed E-state index contributed by atoms with van der Waals surface area (Å²) in [6, 6.07) is -2.48. The number of aliphatic hydroxyl groups excluding tert-OH is 1. The highest BCUT2D eigenvalue weighted by molar-refractivity contribution is 5.92. The molecule has 0 fully saturated rings. The largest absolute Gasteiger partial charge is 0.480 e. The van der Waals surface area contributed by atoms with Crippen LogP contribution >= 0.6 is 0 Å². The first-order valence-electron chi connectivity index (χ1n) is 7.55. The summed E-state index contributed by atoms with van der Waals surface area (Å²) < 4.78 is 0. The minimum absolute atomic E-state index is 0.0254. The Hall–Kier alpha value is -2.20. The second-order valence-corrected chi connectivity index (χ2v) is 5.80. The monoisotopic (exact) mass is 346 g/mol. The van der Waals surface area contributed by atoms with Crippen molar-refractivity contribution in [1.29, 1.82) is 0 Å². The number of carboxylic acids is 1. The van der Waals surface area contributed by atoms with Crippen molar-refractivity contribution < 1.29 is 29.4 Å². The fourth-order valence-electron chi connectivity index (χ4n) is 1.84. The van der Waals surface area contributed by atoms with Gasteiger partial charge in [-0.3, -0.25) is 14.4 Å². The van der Waals surface area contributed by atoms with Gasteiger partial charge in [0.25, 0.3) is 0 Å². The molecule has 0 aromatic carbocycles. The summed E-state index contributed by atoms with van der Waals surface area (Å²) in [6.07, 6.45) is -1.05. The Labute approximate surface area is 140 Å². The van der Waals surface area contributed by atoms with Gasteiger partial charge in [0.1, 0.15) is 12.1 Å². The summed E-state index contributed by atoms with van der Waals surface area (Å²) in [5.74, 6) is -3.27. The van der Waals surface area contributed by atoms with Crippen LogP contribution in [0, 0.1) is 5.92 Å². The van der Waals surface area contributed by atoms with Crippen LogP contribution in [-0.4, -0.2) is 65.2 Å². The Morgan fingerprint density at radius 1 is 1.04 bits per heavy atom. The van der Waals surface area contributed by atoms with Gasteiger partial charge in [-0.25, -0.2) is 4.79 Å². The van der Waals surface area contributed by atoms with Gasteiger partial charge in [0.05, 0.1) is 19.2 Å². The van der Waals surface area contributed by atoms with E-state index in [1.54, 1.807) is 13.8 Å². The minimum Gasteiger partial charge on any atom is -0.480 e. The molecule has 3 unspecified atom stereocenters. The highest BCUT2D eigenvalue weighted by Gasteiger charge is 2.29. The van der Waals surface area contributed by atoms with Gasteiger partial charge in [-0.15, -0.1) is 0 Å². The quantitative estimate of drug-likeness (QED) is 0.255. The first-order valence-corrected chi connectivity index (χ1v) is 7.55. The molecule has 0 radical (unpaired) electrons. The standard InChI is InChI=1S/C14H26N4O6/c1-7(2)4-9(14(23)24)17-13(22)12(8(3)19)18-11(21)6-16-10(20)5-15/h7-9,12,19H,4-6,15H2,1-3H3,(H,16,20)(H,17,22)(H,18,21)(H,23,24). The van der Waals surface area contributed by atoms with Crippen LogP contribution in [0.5, 0.6) is 0 Å². The lowest BCUT2D eigenvalue weighted by atomic mass is 10.0. The molecule has 0 aromatic heterocycles. The predicted octanol–water partition coefficient (Wildman–Crippen LogP) is -2.46. The fourth-order valence-corrected chi connectivity index (χ4v) is 1.84. The number of carbonyl (C=O) groups is 4. The number of hydrogen-bond donors (Lipinski definition) is 6. The molecule has 0 saturated heterocycles. The van der Waals surface area contributed by atoms with Crippen LogP contribution in [0.4, 0.5) is 0 Å². The molecule has 0 saturated carbocycles. The molecule has 10 nitrogen and oxygen atoms in total. The third-order valence-electron chi connectivity index (χ3n) is 3.03. The number of aliphatic carboxylic acids is 1. The molecule has 3 atom stereocenters. The Bertz CT molecular complexity index is 466. The number of carboxylic acid groups (broad SMARTS) is 1. The summed E-state index contributed by atoms with van der Waals surface area (Å²) in [5.41, 5.74) is 5.08. The Morgan fingerprint density at radius 3 is 2.04 bits per heavy atom. The maximum absolute atomic E-state index is 12.2. The Balaban J connectivity index is 4.79. The van der Waals surface area contributed by atoms with Crippen LogP contribution in [0.15, 0.2) is 0 Å². The normalized spacial score (nSPS) is 14.4. The first-order chi connectivity index (χ1) is 11.1. The molecule has 0 heterocycles. The van der Waals surface area contributed by atoms with Gasteiger partial charge in [0.2, 0.25) is 17.7 Å². The SMILES string of the molecule is CC(C)CC(NC(=O)C(NC(=O)CNC(=O)CN)C(C)O)C(=O)O. The Kier molecular flexibility index (Phi) is 9.58. The second-order valence-electron chi connectivity index (χ2n) is 5.80. The Morgan fingerprint density at radius 2 is 1.62 bits per heavy atom. The molecule has 10 heteroatoms. The van der Waals surface area contributed by atoms with Crippen molar-refractivity contribution in [2.75, 3.05) is 13.1 Å². The number of amides is 3. The number of nitrogens with two attached hydrogens (primary N) is 1. The van der Waals surface area contributed by atoms with E-state index < -0.39 is 48.4 Å². The number of hydrogen-bond acceptors (Lipinski definition) is 6. The number of nitrogens with one attached hydrogen (secondary N) is 3. The van der Waals surface area contributed by atoms with E-state index in [9.17, 15) is 24.3 Å². The van der Waals surface area contributed by atoms with Crippen molar-refractivity contribution in [3.8, 4) is 0 Å². The average molecular weight is 346 g/mol. The highest BCUT2D eigenvalue weighted by Crippen LogP contribution is 2.06. The first kappa shape index (κ1) is 21.8. The molecular weight excluding hydrogens is 320 g/mol. The van der Waals surface area contributed by atoms with E-state index in [1.165, 1.54) is 6.92 Å². The zero-order chi connectivity index (χ0) is 18.9. The minimum atomic E-state index is -1.35. The number of rotatable bonds is 10. The lowest BCUT2D eigenvalue weighted by Gasteiger charge is -2.24. The van der Waals surface area contributed by atoms with Gasteiger partial charge in [-0.2, -0.15) is 0 Å². The van der Waals surface area contributed by atoms with Crippen molar-refractivity contribution in [2.24, 2.45) is 11.7 Å². The van der Waals surface area contributed by atoms with Crippen molar-refractivity contribution in [2.45, 2.75) is 45.4 Å². The molecule has 7 N–H and O–H groups in total. The maximum atomic E-state index is 12.2. The molecule has 0 aliphatic carbocycles. The van der Waals surface area contributed by atoms with E-state index in [2.05, 4.69) is 16.0 Å². The van der Waals surface area contributed by atoms with Gasteiger partial charge in [0, 0.05) is 0 Å². The molecule has 0 rings (SSSR count). The number of carbonyl (C=O) groups excluding carboxylic acids is 3. The number of aliphatic hydroxyl groups is 1. The average Bonchev–Trinajstić information content (AvgIpc) is 2.48. The summed E-state index contributed by atoms with van der Waals surface area (Å²) in [5, 5.41) is 25.5. The van der Waals surface area contributed by atoms with Gasteiger partial charge in [0.15, 0.2) is 0 Å². The summed E-state index contributed by atoms with van der Waals surface area (Å²) in [7, 11) is 0. The fraction of sp³-hybridized carbons (Fsp3) is 0.714. The van der Waals surface area contributed by atoms with Crippen molar-refractivity contribution in [3.05, 3.63) is 0 Å². The van der Waals surface area contributed by atoms with Crippen LogP contribution in [0.3, 0.4) is 0 Å². The van der Waals surface area contributed by atoms with E-state index in [1.807, 2.05) is 0 Å². The zero-order valence-corrected chi connectivity index (χ0v) is 14.0. The van der Waals surface area contributed by atoms with Gasteiger partial charge in [-0.05, 0) is 19.3 Å². The summed E-state index contributed by atoms with van der Waals surface area (Å²) >= 11 is 0. The van der Waals surface area contributed by atoms with E-state index in [0.29, 0.717) is 0 Å². The van der Waals surface area contributed by atoms with Gasteiger partial charge < -0.3 is 31.9 Å². The second kappa shape index (κ2) is 10.6. The molecule has 0 bridgehead atoms. The smallest absolute Gasteiger partial charge is 0.326 e. The van der Waals surface area contributed by atoms with Crippen molar-refractivity contribution in [3.63, 3.8) is 0 Å². The van der Waals surface area contributed by atoms with Crippen LogP contribution in [-0.2, 0) is 19.2 Å². The molecule has 138 valence electrons. The van der Waals surface area contributed by atoms with Gasteiger partial charge in [-0.1, -0.05) is 13.8 Å². The maximum Gasteiger partial charge on any atom is 0.326 e. The highest BCUT2D eigenvalue weighted by atomic mass is 16.4. The lowest BCUT2D eigenvalue weighted by molar-refractivity contribution is -0.143. The molecule has 24 heavy (non-hydrogen) atoms. The third kappa shape index (κ3) is 8.44. The van der Waals surface area contributed by atoms with E-state index in [-0.39, 0.29) is 18.9 Å². The summed E-state index contributed by atoms with van der Waals surface area (Å²) in [6.45, 7) is 4.18. The molecule has 0 aliphatic heterocycles. The van der Waals surface area contributed by atoms with E-state index in [0.717, 1.165) is 0 Å². The van der Waals surface area contributed by atoms with Gasteiger partial charge >= 0.3 is 5.97 Å². The molecule has 0 spiro atoms. The van der Waals surface area contributed by atoms with Crippen molar-refractivity contribution in [1.82, 2.24) is 16.0 Å². The molecule has 0 aliphatic rings. The van der Waals surface area contributed by atoms with Crippen molar-refractivity contribution >= 4 is 23.7 Å². The van der Waals surface area contributed by atoms with E-state index in [4.69, 9.17) is 10.8 Å². The predicted molar refractivity (Wildman–Crippen MR) is 84.7 cm³/mol. The molecular formula is C14H26N4O6. The van der Waals surface area contributed by atoms with Crippen LogP contribution in [0.2, 0.25) is 0 Å². The van der Waals surface area contributed by atoms with Crippen LogP contribution in [0.25, 0.3) is 0 Å². The lowest BCUT2D eigenvalue weighted by Crippen LogP contribution is -2.57. The van der Waals surface area contributed by atoms with E-state index >= 15 is 0 Å². The van der Waals surface area contributed by atoms with Crippen LogP contribution in [0.1, 0.15) is 27.2 Å². The topological polar surface area (TPSA) is 171 Å². The molecule has 0 aromatic rings. The zero-order valence-electron chi connectivity index (χ0n) is 14.0. The molecule has 3 amide bonds. The third-order valence-corrected chi connectivity index (χ3v) is 3.03.